The fraction of sp³-hybridized carbons (Fsp3) is 0.375. The van der Waals surface area contributed by atoms with Gasteiger partial charge in [-0.3, -0.25) is 0 Å². The molecule has 2 nitrogen and oxygen atoms in total. The number of para-hydroxylation sites is 1. The molecule has 18 heavy (non-hydrogen) atoms. The number of benzene rings is 1. The van der Waals surface area contributed by atoms with Crippen molar-refractivity contribution >= 4 is 10.9 Å². The van der Waals surface area contributed by atoms with Crippen molar-refractivity contribution in [1.29, 1.82) is 0 Å². The third-order valence-corrected chi connectivity index (χ3v) is 3.17. The van der Waals surface area contributed by atoms with Gasteiger partial charge in [0.05, 0.1) is 6.54 Å². The summed E-state index contributed by atoms with van der Waals surface area (Å²) in [5, 5.41) is 4.57. The molecule has 1 aromatic carbocycles. The first-order valence-electron chi connectivity index (χ1n) is 6.47. The molecule has 2 rings (SSSR count). The van der Waals surface area contributed by atoms with Gasteiger partial charge >= 0.3 is 0 Å². The lowest BCUT2D eigenvalue weighted by molar-refractivity contribution is 0.724. The normalized spacial score (nSPS) is 10.3. The third kappa shape index (κ3) is 2.75. The van der Waals surface area contributed by atoms with Gasteiger partial charge in [-0.25, -0.2) is 0 Å². The summed E-state index contributed by atoms with van der Waals surface area (Å²) in [5.74, 6) is 6.10. The molecule has 0 bridgehead atoms. The van der Waals surface area contributed by atoms with Gasteiger partial charge < -0.3 is 9.88 Å². The van der Waals surface area contributed by atoms with Crippen LogP contribution in [0.15, 0.2) is 30.5 Å². The van der Waals surface area contributed by atoms with Crippen LogP contribution in [0.3, 0.4) is 0 Å². The van der Waals surface area contributed by atoms with E-state index in [4.69, 9.17) is 0 Å². The van der Waals surface area contributed by atoms with Crippen LogP contribution in [0.4, 0.5) is 0 Å². The van der Waals surface area contributed by atoms with E-state index in [2.05, 4.69) is 52.2 Å². The highest BCUT2D eigenvalue weighted by atomic mass is 14.9. The molecule has 0 atom stereocenters. The molecule has 0 saturated carbocycles. The molecule has 0 aliphatic rings. The Bertz CT molecular complexity index is 570. The second-order valence-electron chi connectivity index (χ2n) is 4.43. The molecule has 1 heterocycles. The standard InChI is InChI=1S/C16H20N2/c1-3-4-12-18-13-14(8-7-11-17-2)15-9-5-6-10-16(15)18/h5-6,9-10,13,17H,7-8,11-12H2,1-2H3. The van der Waals surface area contributed by atoms with Crippen LogP contribution >= 0.6 is 0 Å². The Morgan fingerprint density at radius 2 is 2.11 bits per heavy atom. The van der Waals surface area contributed by atoms with E-state index >= 15 is 0 Å². The van der Waals surface area contributed by atoms with E-state index < -0.39 is 0 Å². The smallest absolute Gasteiger partial charge is 0.0837 e. The van der Waals surface area contributed by atoms with Crippen molar-refractivity contribution in [3.63, 3.8) is 0 Å². The lowest BCUT2D eigenvalue weighted by Gasteiger charge is -1.98. The number of aryl methyl sites for hydroxylation is 1. The minimum absolute atomic E-state index is 0.781. The van der Waals surface area contributed by atoms with Gasteiger partial charge in [-0.05, 0) is 45.0 Å². The molecule has 1 N–H and O–H groups in total. The minimum Gasteiger partial charge on any atom is -0.336 e. The summed E-state index contributed by atoms with van der Waals surface area (Å²) in [6, 6.07) is 8.59. The summed E-state index contributed by atoms with van der Waals surface area (Å²) in [5.41, 5.74) is 2.72. The molecule has 2 aromatic rings. The molecular formula is C16H20N2. The lowest BCUT2D eigenvalue weighted by Crippen LogP contribution is -2.08. The molecular weight excluding hydrogens is 220 g/mol. The molecule has 0 aliphatic carbocycles. The van der Waals surface area contributed by atoms with Crippen molar-refractivity contribution < 1.29 is 0 Å². The fourth-order valence-electron chi connectivity index (χ4n) is 2.27. The Hall–Kier alpha value is -1.72. The molecule has 0 amide bonds. The zero-order valence-electron chi connectivity index (χ0n) is 11.2. The first-order chi connectivity index (χ1) is 8.86. The number of rotatable bonds is 5. The maximum absolute atomic E-state index is 3.20. The van der Waals surface area contributed by atoms with Gasteiger partial charge in [0.2, 0.25) is 0 Å². The van der Waals surface area contributed by atoms with Crippen LogP contribution in [0.1, 0.15) is 18.9 Å². The average molecular weight is 240 g/mol. The van der Waals surface area contributed by atoms with E-state index in [0.29, 0.717) is 0 Å². The van der Waals surface area contributed by atoms with Crippen LogP contribution in [0, 0.1) is 11.8 Å². The second-order valence-corrected chi connectivity index (χ2v) is 4.43. The fourth-order valence-corrected chi connectivity index (χ4v) is 2.27. The van der Waals surface area contributed by atoms with E-state index in [-0.39, 0.29) is 0 Å². The number of aromatic nitrogens is 1. The highest BCUT2D eigenvalue weighted by Crippen LogP contribution is 2.22. The maximum Gasteiger partial charge on any atom is 0.0837 e. The Morgan fingerprint density at radius 3 is 2.89 bits per heavy atom. The monoisotopic (exact) mass is 240 g/mol. The predicted octanol–water partition coefficient (Wildman–Crippen LogP) is 2.82. The van der Waals surface area contributed by atoms with Gasteiger partial charge in [0.1, 0.15) is 0 Å². The van der Waals surface area contributed by atoms with Crippen molar-refractivity contribution in [2.45, 2.75) is 26.3 Å². The van der Waals surface area contributed by atoms with Gasteiger partial charge in [0.15, 0.2) is 0 Å². The van der Waals surface area contributed by atoms with Gasteiger partial charge in [-0.2, -0.15) is 0 Å². The largest absolute Gasteiger partial charge is 0.336 e. The van der Waals surface area contributed by atoms with E-state index in [1.165, 1.54) is 22.9 Å². The topological polar surface area (TPSA) is 17.0 Å². The lowest BCUT2D eigenvalue weighted by atomic mass is 10.1. The SMILES string of the molecule is CC#CCn1cc(CCCNC)c2ccccc21. The zero-order valence-corrected chi connectivity index (χ0v) is 11.2. The Balaban J connectivity index is 2.30. The molecule has 0 radical (unpaired) electrons. The highest BCUT2D eigenvalue weighted by Gasteiger charge is 2.06. The number of nitrogens with one attached hydrogen (secondary N) is 1. The van der Waals surface area contributed by atoms with E-state index in [9.17, 15) is 0 Å². The van der Waals surface area contributed by atoms with E-state index in [1.54, 1.807) is 0 Å². The summed E-state index contributed by atoms with van der Waals surface area (Å²) in [4.78, 5) is 0. The van der Waals surface area contributed by atoms with Crippen LogP contribution in [-0.2, 0) is 13.0 Å². The summed E-state index contributed by atoms with van der Waals surface area (Å²) in [6.07, 6.45) is 4.54. The Labute approximate surface area is 109 Å². The van der Waals surface area contributed by atoms with Crippen LogP contribution in [0.2, 0.25) is 0 Å². The summed E-state index contributed by atoms with van der Waals surface area (Å²) < 4.78 is 2.25. The van der Waals surface area contributed by atoms with Gasteiger partial charge in [0.25, 0.3) is 0 Å². The van der Waals surface area contributed by atoms with Gasteiger partial charge in [0, 0.05) is 17.1 Å². The second kappa shape index (κ2) is 6.28. The molecule has 1 aromatic heterocycles. The van der Waals surface area contributed by atoms with Crippen molar-refractivity contribution in [3.05, 3.63) is 36.0 Å². The van der Waals surface area contributed by atoms with Crippen LogP contribution < -0.4 is 5.32 Å². The number of hydrogen-bond donors (Lipinski definition) is 1. The predicted molar refractivity (Wildman–Crippen MR) is 77.6 cm³/mol. The van der Waals surface area contributed by atoms with Crippen LogP contribution in [0.25, 0.3) is 10.9 Å². The highest BCUT2D eigenvalue weighted by molar-refractivity contribution is 5.84. The van der Waals surface area contributed by atoms with Crippen molar-refractivity contribution in [2.24, 2.45) is 0 Å². The van der Waals surface area contributed by atoms with E-state index in [1.807, 2.05) is 14.0 Å². The number of fused-ring (bicyclic) bond motifs is 1. The first-order valence-corrected chi connectivity index (χ1v) is 6.47. The van der Waals surface area contributed by atoms with Gasteiger partial charge in [-0.15, -0.1) is 5.92 Å². The molecule has 0 spiro atoms. The summed E-state index contributed by atoms with van der Waals surface area (Å²) in [7, 11) is 2.00. The molecule has 0 unspecified atom stereocenters. The van der Waals surface area contributed by atoms with Crippen LogP contribution in [0.5, 0.6) is 0 Å². The van der Waals surface area contributed by atoms with Crippen LogP contribution in [-0.4, -0.2) is 18.2 Å². The summed E-state index contributed by atoms with van der Waals surface area (Å²) in [6.45, 7) is 3.73. The molecule has 0 fully saturated rings. The number of nitrogens with zero attached hydrogens (tertiary/aromatic N) is 1. The van der Waals surface area contributed by atoms with E-state index in [0.717, 1.165) is 19.5 Å². The Kier molecular flexibility index (Phi) is 4.44. The quantitative estimate of drug-likeness (QED) is 0.628. The van der Waals surface area contributed by atoms with Crippen molar-refractivity contribution in [3.8, 4) is 11.8 Å². The molecule has 2 heteroatoms. The third-order valence-electron chi connectivity index (χ3n) is 3.17. The Morgan fingerprint density at radius 1 is 1.28 bits per heavy atom. The van der Waals surface area contributed by atoms with Crippen molar-refractivity contribution in [2.75, 3.05) is 13.6 Å². The minimum atomic E-state index is 0.781. The molecule has 0 saturated heterocycles. The van der Waals surface area contributed by atoms with Crippen molar-refractivity contribution in [1.82, 2.24) is 9.88 Å². The maximum atomic E-state index is 3.20. The van der Waals surface area contributed by atoms with Gasteiger partial charge in [-0.1, -0.05) is 24.1 Å². The summed E-state index contributed by atoms with van der Waals surface area (Å²) >= 11 is 0. The number of hydrogen-bond acceptors (Lipinski definition) is 1. The molecule has 0 aliphatic heterocycles. The zero-order chi connectivity index (χ0) is 12.8. The average Bonchev–Trinajstić information content (AvgIpc) is 2.76. The molecule has 94 valence electrons. The first kappa shape index (κ1) is 12.7.